The molecule has 2 saturated heterocycles. The topological polar surface area (TPSA) is 68.2 Å². The fourth-order valence-corrected chi connectivity index (χ4v) is 5.14. The fourth-order valence-electron chi connectivity index (χ4n) is 5.14. The summed E-state index contributed by atoms with van der Waals surface area (Å²) in [7, 11) is 1.67. The number of methoxy groups -OCH3 is 1. The second-order valence-corrected chi connectivity index (χ2v) is 8.89. The first kappa shape index (κ1) is 19.5. The Morgan fingerprint density at radius 2 is 2.21 bits per heavy atom. The molecule has 1 N–H and O–H groups in total. The molecular formula is C22H31NO5. The number of aliphatic carboxylic acids is 1. The molecule has 0 amide bonds. The number of carboxylic acids is 1. The SMILES string of the molecule is COc1ccc2c(c1)OC(C)(C)[C@H]1C[C@@H]3CN(CCCC(=O)O)CC[C@@H]3O[C@H]21. The smallest absolute Gasteiger partial charge is 0.303 e. The molecule has 0 spiro atoms. The van der Waals surface area contributed by atoms with Crippen molar-refractivity contribution in [2.24, 2.45) is 11.8 Å². The van der Waals surface area contributed by atoms with E-state index >= 15 is 0 Å². The first-order valence-electron chi connectivity index (χ1n) is 10.3. The molecule has 0 radical (unpaired) electrons. The van der Waals surface area contributed by atoms with Gasteiger partial charge in [-0.25, -0.2) is 0 Å². The van der Waals surface area contributed by atoms with Crippen molar-refractivity contribution in [3.63, 3.8) is 0 Å². The van der Waals surface area contributed by atoms with Crippen molar-refractivity contribution in [3.05, 3.63) is 23.8 Å². The second kappa shape index (κ2) is 7.56. The summed E-state index contributed by atoms with van der Waals surface area (Å²) in [4.78, 5) is 13.2. The molecule has 3 aliphatic rings. The van der Waals surface area contributed by atoms with Crippen LogP contribution in [0.15, 0.2) is 18.2 Å². The summed E-state index contributed by atoms with van der Waals surface area (Å²) in [5, 5.41) is 8.87. The van der Waals surface area contributed by atoms with Gasteiger partial charge in [-0.2, -0.15) is 0 Å². The first-order valence-corrected chi connectivity index (χ1v) is 10.3. The Kier molecular flexibility index (Phi) is 5.27. The maximum atomic E-state index is 10.8. The van der Waals surface area contributed by atoms with Crippen molar-refractivity contribution >= 4 is 5.97 Å². The third-order valence-corrected chi connectivity index (χ3v) is 6.65. The highest BCUT2D eigenvalue weighted by molar-refractivity contribution is 5.66. The van der Waals surface area contributed by atoms with Crippen molar-refractivity contribution < 1.29 is 24.1 Å². The van der Waals surface area contributed by atoms with Crippen molar-refractivity contribution in [2.75, 3.05) is 26.7 Å². The van der Waals surface area contributed by atoms with Crippen molar-refractivity contribution in [3.8, 4) is 11.5 Å². The highest BCUT2D eigenvalue weighted by Gasteiger charge is 2.51. The number of hydrogen-bond acceptors (Lipinski definition) is 5. The van der Waals surface area contributed by atoms with Crippen LogP contribution >= 0.6 is 0 Å². The molecule has 3 heterocycles. The molecule has 0 unspecified atom stereocenters. The summed E-state index contributed by atoms with van der Waals surface area (Å²) in [5.74, 6) is 1.73. The van der Waals surface area contributed by atoms with E-state index in [4.69, 9.17) is 19.3 Å². The van der Waals surface area contributed by atoms with Crippen molar-refractivity contribution in [1.29, 1.82) is 0 Å². The number of likely N-dealkylation sites (tertiary alicyclic amines) is 1. The lowest BCUT2D eigenvalue weighted by atomic mass is 9.70. The van der Waals surface area contributed by atoms with Gasteiger partial charge in [0.15, 0.2) is 0 Å². The van der Waals surface area contributed by atoms with Crippen molar-refractivity contribution in [2.45, 2.75) is 57.3 Å². The normalized spacial score (nSPS) is 31.1. The maximum absolute atomic E-state index is 10.8. The van der Waals surface area contributed by atoms with Gasteiger partial charge in [0, 0.05) is 37.1 Å². The van der Waals surface area contributed by atoms with Gasteiger partial charge in [-0.1, -0.05) is 0 Å². The van der Waals surface area contributed by atoms with Crippen LogP contribution in [0.25, 0.3) is 0 Å². The third-order valence-electron chi connectivity index (χ3n) is 6.65. The van der Waals surface area contributed by atoms with E-state index in [1.807, 2.05) is 12.1 Å². The summed E-state index contributed by atoms with van der Waals surface area (Å²) in [6, 6.07) is 6.04. The van der Waals surface area contributed by atoms with Gasteiger partial charge in [0.05, 0.1) is 19.3 Å². The van der Waals surface area contributed by atoms with E-state index in [-0.39, 0.29) is 24.2 Å². The molecule has 4 atom stereocenters. The second-order valence-electron chi connectivity index (χ2n) is 8.89. The predicted molar refractivity (Wildman–Crippen MR) is 105 cm³/mol. The number of carboxylic acid groups (broad SMARTS) is 1. The molecular weight excluding hydrogens is 358 g/mol. The van der Waals surface area contributed by atoms with Crippen LogP contribution in [0.3, 0.4) is 0 Å². The standard InChI is InChI=1S/C22H31NO5/c1-22(2)17-11-14-13-23(9-4-5-20(24)25)10-8-18(14)27-21(17)16-7-6-15(26-3)12-19(16)28-22/h6-7,12,14,17-18,21H,4-5,8-11,13H2,1-3H3,(H,24,25)/t14-,17+,18+,21-/m1/s1. The van der Waals surface area contributed by atoms with Crippen molar-refractivity contribution in [1.82, 2.24) is 4.90 Å². The highest BCUT2D eigenvalue weighted by Crippen LogP contribution is 2.53. The molecule has 6 heteroatoms. The maximum Gasteiger partial charge on any atom is 0.303 e. The number of ether oxygens (including phenoxy) is 3. The lowest BCUT2D eigenvalue weighted by Gasteiger charge is -2.53. The largest absolute Gasteiger partial charge is 0.497 e. The van der Waals surface area contributed by atoms with Crippen LogP contribution in [0.2, 0.25) is 0 Å². The van der Waals surface area contributed by atoms with Crippen LogP contribution in [0.5, 0.6) is 11.5 Å². The van der Waals surface area contributed by atoms with Crippen LogP contribution in [0.1, 0.15) is 51.2 Å². The number of hydrogen-bond donors (Lipinski definition) is 1. The Hall–Kier alpha value is -1.79. The van der Waals surface area contributed by atoms with Gasteiger partial charge in [0.25, 0.3) is 0 Å². The molecule has 28 heavy (non-hydrogen) atoms. The monoisotopic (exact) mass is 389 g/mol. The zero-order valence-corrected chi connectivity index (χ0v) is 17.0. The molecule has 6 nitrogen and oxygen atoms in total. The van der Waals surface area contributed by atoms with Gasteiger partial charge in [0.2, 0.25) is 0 Å². The van der Waals surface area contributed by atoms with Crippen LogP contribution in [-0.2, 0) is 9.53 Å². The minimum Gasteiger partial charge on any atom is -0.497 e. The quantitative estimate of drug-likeness (QED) is 0.831. The number of rotatable bonds is 5. The van der Waals surface area contributed by atoms with Crippen LogP contribution < -0.4 is 9.47 Å². The Morgan fingerprint density at radius 1 is 1.39 bits per heavy atom. The van der Waals surface area contributed by atoms with Gasteiger partial charge in [-0.3, -0.25) is 4.79 Å². The van der Waals surface area contributed by atoms with Gasteiger partial charge in [-0.05, 0) is 57.7 Å². The Bertz CT molecular complexity index is 734. The molecule has 0 aromatic heterocycles. The lowest BCUT2D eigenvalue weighted by molar-refractivity contribution is -0.187. The Balaban J connectivity index is 1.49. The zero-order chi connectivity index (χ0) is 19.9. The van der Waals surface area contributed by atoms with E-state index < -0.39 is 5.97 Å². The molecule has 4 rings (SSSR count). The van der Waals surface area contributed by atoms with E-state index in [0.717, 1.165) is 49.5 Å². The van der Waals surface area contributed by atoms with E-state index in [1.54, 1.807) is 7.11 Å². The highest BCUT2D eigenvalue weighted by atomic mass is 16.5. The average Bonchev–Trinajstić information content (AvgIpc) is 2.65. The Labute approximate surface area is 166 Å². The summed E-state index contributed by atoms with van der Waals surface area (Å²) in [6.07, 6.45) is 3.36. The Morgan fingerprint density at radius 3 is 2.96 bits per heavy atom. The molecule has 2 fully saturated rings. The summed E-state index contributed by atoms with van der Waals surface area (Å²) >= 11 is 0. The van der Waals surface area contributed by atoms with Gasteiger partial charge < -0.3 is 24.2 Å². The molecule has 154 valence electrons. The minimum atomic E-state index is -0.713. The fraction of sp³-hybridized carbons (Fsp3) is 0.682. The zero-order valence-electron chi connectivity index (χ0n) is 17.0. The summed E-state index contributed by atoms with van der Waals surface area (Å²) in [6.45, 7) is 7.13. The minimum absolute atomic E-state index is 0.0597. The van der Waals surface area contributed by atoms with E-state index in [2.05, 4.69) is 24.8 Å². The number of carbonyl (C=O) groups is 1. The molecule has 0 saturated carbocycles. The number of nitrogens with zero attached hydrogens (tertiary/aromatic N) is 1. The average molecular weight is 389 g/mol. The number of fused-ring (bicyclic) bond motifs is 4. The van der Waals surface area contributed by atoms with Crippen LogP contribution in [0, 0.1) is 11.8 Å². The molecule has 0 bridgehead atoms. The van der Waals surface area contributed by atoms with Gasteiger partial charge >= 0.3 is 5.97 Å². The van der Waals surface area contributed by atoms with Crippen LogP contribution in [-0.4, -0.2) is 54.4 Å². The van der Waals surface area contributed by atoms with E-state index in [9.17, 15) is 4.79 Å². The number of benzene rings is 1. The van der Waals surface area contributed by atoms with E-state index in [0.29, 0.717) is 18.3 Å². The molecule has 1 aromatic rings. The summed E-state index contributed by atoms with van der Waals surface area (Å²) in [5.41, 5.74) is 0.827. The number of piperidine rings is 1. The first-order chi connectivity index (χ1) is 13.4. The molecule has 1 aromatic carbocycles. The third kappa shape index (κ3) is 3.72. The molecule has 3 aliphatic heterocycles. The summed E-state index contributed by atoms with van der Waals surface area (Å²) < 4.78 is 18.4. The molecule has 0 aliphatic carbocycles. The van der Waals surface area contributed by atoms with Gasteiger partial charge in [0.1, 0.15) is 17.1 Å². The van der Waals surface area contributed by atoms with Gasteiger partial charge in [-0.15, -0.1) is 0 Å². The lowest BCUT2D eigenvalue weighted by Crippen LogP contribution is -2.55. The predicted octanol–water partition coefficient (Wildman–Crippen LogP) is 3.50. The van der Waals surface area contributed by atoms with E-state index in [1.165, 1.54) is 0 Å². The van der Waals surface area contributed by atoms with Crippen LogP contribution in [0.4, 0.5) is 0 Å².